The summed E-state index contributed by atoms with van der Waals surface area (Å²) >= 11 is 6.00. The molecule has 1 atom stereocenters. The zero-order valence-electron chi connectivity index (χ0n) is 12.2. The van der Waals surface area contributed by atoms with Crippen LogP contribution in [0.3, 0.4) is 0 Å². The molecule has 114 valence electrons. The molecule has 0 radical (unpaired) electrons. The largest absolute Gasteiger partial charge is 0.365 e. The van der Waals surface area contributed by atoms with Gasteiger partial charge in [-0.3, -0.25) is 4.98 Å². The minimum atomic E-state index is 0.0738. The zero-order chi connectivity index (χ0) is 15.5. The monoisotopic (exact) mass is 316 g/mol. The van der Waals surface area contributed by atoms with Crippen LogP contribution in [0.2, 0.25) is 5.28 Å². The number of hydrogen-bond acceptors (Lipinski definition) is 5. The number of halogens is 1. The maximum Gasteiger partial charge on any atom is 0.226 e. The van der Waals surface area contributed by atoms with Crippen molar-refractivity contribution >= 4 is 28.5 Å². The van der Waals surface area contributed by atoms with Gasteiger partial charge in [-0.1, -0.05) is 0 Å². The molecule has 0 aliphatic heterocycles. The Balaban J connectivity index is 1.89. The van der Waals surface area contributed by atoms with Crippen molar-refractivity contribution in [2.45, 2.75) is 25.9 Å². The second-order valence-electron chi connectivity index (χ2n) is 5.29. The van der Waals surface area contributed by atoms with Crippen LogP contribution in [0.5, 0.6) is 0 Å². The second kappa shape index (κ2) is 6.29. The molecule has 3 aromatic rings. The fourth-order valence-electron chi connectivity index (χ4n) is 2.31. The third-order valence-corrected chi connectivity index (χ3v) is 3.44. The van der Waals surface area contributed by atoms with E-state index in [4.69, 9.17) is 17.3 Å². The lowest BCUT2D eigenvalue weighted by molar-refractivity contribution is 0.726. The van der Waals surface area contributed by atoms with E-state index in [9.17, 15) is 0 Å². The average Bonchev–Trinajstić information content (AvgIpc) is 2.87. The third-order valence-electron chi connectivity index (χ3n) is 3.27. The van der Waals surface area contributed by atoms with Crippen LogP contribution in [0, 0.1) is 0 Å². The van der Waals surface area contributed by atoms with Crippen LogP contribution < -0.4 is 11.1 Å². The van der Waals surface area contributed by atoms with Crippen molar-refractivity contribution < 1.29 is 0 Å². The van der Waals surface area contributed by atoms with Crippen molar-refractivity contribution in [3.8, 4) is 0 Å². The minimum Gasteiger partial charge on any atom is -0.365 e. The number of nitrogens with one attached hydrogen (secondary N) is 2. The lowest BCUT2D eigenvalue weighted by Gasteiger charge is -2.06. The molecule has 4 N–H and O–H groups in total. The molecule has 0 amide bonds. The maximum atomic E-state index is 6.00. The first-order chi connectivity index (χ1) is 10.6. The van der Waals surface area contributed by atoms with Crippen molar-refractivity contribution in [2.24, 2.45) is 5.73 Å². The average molecular weight is 317 g/mol. The Hall–Kier alpha value is -2.18. The molecule has 1 unspecified atom stereocenters. The summed E-state index contributed by atoms with van der Waals surface area (Å²) in [5.74, 6) is 0.707. The molecular weight excluding hydrogens is 300 g/mol. The normalized spacial score (nSPS) is 12.5. The molecule has 0 spiro atoms. The fraction of sp³-hybridized carbons (Fsp3) is 0.267. The highest BCUT2D eigenvalue weighted by Crippen LogP contribution is 2.24. The van der Waals surface area contributed by atoms with Gasteiger partial charge in [-0.2, -0.15) is 4.98 Å². The Bertz CT molecular complexity index is 768. The number of hydrogen-bond donors (Lipinski definition) is 3. The van der Waals surface area contributed by atoms with E-state index < -0.39 is 0 Å². The molecule has 3 rings (SSSR count). The summed E-state index contributed by atoms with van der Waals surface area (Å²) in [6.45, 7) is 2.60. The molecule has 3 heterocycles. The molecule has 0 saturated heterocycles. The SMILES string of the molecule is CC(N)Cc1cc2c(NCc3ccncc3)nc(Cl)nc2[nH]1. The minimum absolute atomic E-state index is 0.0738. The fourth-order valence-corrected chi connectivity index (χ4v) is 2.48. The van der Waals surface area contributed by atoms with Crippen LogP contribution in [0.1, 0.15) is 18.2 Å². The van der Waals surface area contributed by atoms with E-state index >= 15 is 0 Å². The summed E-state index contributed by atoms with van der Waals surface area (Å²) in [6.07, 6.45) is 4.27. The van der Waals surface area contributed by atoms with Gasteiger partial charge >= 0.3 is 0 Å². The van der Waals surface area contributed by atoms with Crippen LogP contribution in [0.4, 0.5) is 5.82 Å². The third kappa shape index (κ3) is 3.35. The highest BCUT2D eigenvalue weighted by atomic mass is 35.5. The number of anilines is 1. The lowest BCUT2D eigenvalue weighted by Crippen LogP contribution is -2.17. The van der Waals surface area contributed by atoms with Crippen LogP contribution >= 0.6 is 11.6 Å². The van der Waals surface area contributed by atoms with Crippen LogP contribution in [0.15, 0.2) is 30.6 Å². The van der Waals surface area contributed by atoms with Crippen molar-refractivity contribution in [3.63, 3.8) is 0 Å². The molecule has 0 aliphatic rings. The zero-order valence-corrected chi connectivity index (χ0v) is 12.9. The number of H-pyrrole nitrogens is 1. The van der Waals surface area contributed by atoms with Crippen molar-refractivity contribution in [1.29, 1.82) is 0 Å². The summed E-state index contributed by atoms with van der Waals surface area (Å²) < 4.78 is 0. The van der Waals surface area contributed by atoms with E-state index in [0.717, 1.165) is 23.1 Å². The number of rotatable bonds is 5. The van der Waals surface area contributed by atoms with Crippen LogP contribution in [-0.4, -0.2) is 26.0 Å². The molecule has 0 saturated carbocycles. The van der Waals surface area contributed by atoms with Crippen molar-refractivity contribution in [2.75, 3.05) is 5.32 Å². The molecule has 0 aromatic carbocycles. The smallest absolute Gasteiger partial charge is 0.226 e. The van der Waals surface area contributed by atoms with E-state index in [2.05, 4.69) is 25.3 Å². The van der Waals surface area contributed by atoms with Gasteiger partial charge in [0.05, 0.1) is 5.39 Å². The predicted octanol–water partition coefficient (Wildman–Crippen LogP) is 2.51. The van der Waals surface area contributed by atoms with E-state index in [1.807, 2.05) is 25.1 Å². The van der Waals surface area contributed by atoms with E-state index in [1.165, 1.54) is 0 Å². The van der Waals surface area contributed by atoms with Crippen molar-refractivity contribution in [1.82, 2.24) is 19.9 Å². The number of aromatic amines is 1. The quantitative estimate of drug-likeness (QED) is 0.629. The predicted molar refractivity (Wildman–Crippen MR) is 87.8 cm³/mol. The van der Waals surface area contributed by atoms with Gasteiger partial charge in [0.2, 0.25) is 5.28 Å². The van der Waals surface area contributed by atoms with Gasteiger partial charge in [-0.15, -0.1) is 0 Å². The molecule has 0 bridgehead atoms. The number of nitrogens with zero attached hydrogens (tertiary/aromatic N) is 3. The summed E-state index contributed by atoms with van der Waals surface area (Å²) in [4.78, 5) is 15.8. The highest BCUT2D eigenvalue weighted by Gasteiger charge is 2.11. The second-order valence-corrected chi connectivity index (χ2v) is 5.63. The number of fused-ring (bicyclic) bond motifs is 1. The summed E-state index contributed by atoms with van der Waals surface area (Å²) in [5, 5.41) is 4.42. The van der Waals surface area contributed by atoms with Gasteiger partial charge in [-0.05, 0) is 42.3 Å². The van der Waals surface area contributed by atoms with Gasteiger partial charge in [0.15, 0.2) is 0 Å². The number of aromatic nitrogens is 4. The van der Waals surface area contributed by atoms with E-state index in [-0.39, 0.29) is 11.3 Å². The Labute approximate surface area is 133 Å². The molecule has 7 heteroatoms. The summed E-state index contributed by atoms with van der Waals surface area (Å²) in [5.41, 5.74) is 8.70. The van der Waals surface area contributed by atoms with Gasteiger partial charge in [0.1, 0.15) is 11.5 Å². The Morgan fingerprint density at radius 3 is 2.82 bits per heavy atom. The van der Waals surface area contributed by atoms with Crippen LogP contribution in [0.25, 0.3) is 11.0 Å². The molecule has 6 nitrogen and oxygen atoms in total. The summed E-state index contributed by atoms with van der Waals surface area (Å²) in [7, 11) is 0. The molecule has 3 aromatic heterocycles. The topological polar surface area (TPSA) is 92.5 Å². The standard InChI is InChI=1S/C15H17ClN6/c1-9(17)6-11-7-12-13(21-15(16)22-14(12)20-11)19-8-10-2-4-18-5-3-10/h2-5,7,9H,6,8,17H2,1H3,(H2,19,20,21,22). The molecule has 0 aliphatic carbocycles. The number of nitrogens with two attached hydrogens (primary N) is 1. The molecule has 0 fully saturated rings. The summed E-state index contributed by atoms with van der Waals surface area (Å²) in [6, 6.07) is 5.99. The molecular formula is C15H17ClN6. The van der Waals surface area contributed by atoms with Gasteiger partial charge in [0.25, 0.3) is 0 Å². The van der Waals surface area contributed by atoms with Gasteiger partial charge in [-0.25, -0.2) is 4.98 Å². The number of pyridine rings is 1. The maximum absolute atomic E-state index is 6.00. The Morgan fingerprint density at radius 1 is 1.32 bits per heavy atom. The van der Waals surface area contributed by atoms with Crippen LogP contribution in [-0.2, 0) is 13.0 Å². The highest BCUT2D eigenvalue weighted by molar-refractivity contribution is 6.28. The Morgan fingerprint density at radius 2 is 2.09 bits per heavy atom. The molecule has 22 heavy (non-hydrogen) atoms. The van der Waals surface area contributed by atoms with E-state index in [1.54, 1.807) is 12.4 Å². The van der Waals surface area contributed by atoms with Gasteiger partial charge in [0, 0.05) is 37.1 Å². The Kier molecular flexibility index (Phi) is 4.22. The van der Waals surface area contributed by atoms with E-state index in [0.29, 0.717) is 18.0 Å². The lowest BCUT2D eigenvalue weighted by atomic mass is 10.2. The van der Waals surface area contributed by atoms with Gasteiger partial charge < -0.3 is 16.0 Å². The van der Waals surface area contributed by atoms with Crippen molar-refractivity contribution in [3.05, 3.63) is 47.1 Å². The first kappa shape index (κ1) is 14.7. The first-order valence-corrected chi connectivity index (χ1v) is 7.43. The first-order valence-electron chi connectivity index (χ1n) is 7.05.